The molecule has 0 radical (unpaired) electrons. The van der Waals surface area contributed by atoms with Crippen LogP contribution in [0.2, 0.25) is 0 Å². The molecule has 0 nitrogen and oxygen atoms in total. The van der Waals surface area contributed by atoms with Crippen molar-refractivity contribution in [2.45, 2.75) is 64.2 Å². The Labute approximate surface area is 99.5 Å². The molecule has 0 amide bonds. The average molecular weight is 216 g/mol. The predicted octanol–water partition coefficient (Wildman–Crippen LogP) is 4.70. The van der Waals surface area contributed by atoms with Crippen LogP contribution in [0, 0.1) is 23.7 Å². The summed E-state index contributed by atoms with van der Waals surface area (Å²) in [6.45, 7) is 0. The fourth-order valence-corrected chi connectivity index (χ4v) is 5.46. The van der Waals surface area contributed by atoms with E-state index < -0.39 is 0 Å². The van der Waals surface area contributed by atoms with E-state index in [1.54, 1.807) is 25.7 Å². The van der Waals surface area contributed by atoms with Crippen LogP contribution in [-0.4, -0.2) is 0 Å². The van der Waals surface area contributed by atoms with Crippen molar-refractivity contribution in [2.24, 2.45) is 23.7 Å². The van der Waals surface area contributed by atoms with Gasteiger partial charge in [0.1, 0.15) is 0 Å². The second-order valence-corrected chi connectivity index (χ2v) is 6.71. The van der Waals surface area contributed by atoms with Gasteiger partial charge in [0.05, 0.1) is 0 Å². The molecule has 4 aliphatic carbocycles. The third-order valence-electron chi connectivity index (χ3n) is 6.03. The van der Waals surface area contributed by atoms with E-state index in [9.17, 15) is 0 Å². The van der Waals surface area contributed by atoms with Gasteiger partial charge in [-0.15, -0.1) is 0 Å². The van der Waals surface area contributed by atoms with Crippen molar-refractivity contribution in [1.29, 1.82) is 0 Å². The Bertz CT molecular complexity index is 265. The van der Waals surface area contributed by atoms with Crippen LogP contribution < -0.4 is 0 Å². The predicted molar refractivity (Wildman–Crippen MR) is 67.2 cm³/mol. The Morgan fingerprint density at radius 2 is 0.750 bits per heavy atom. The summed E-state index contributed by atoms with van der Waals surface area (Å²) in [6, 6.07) is 0. The lowest BCUT2D eigenvalue weighted by Crippen LogP contribution is -2.36. The molecule has 0 aliphatic heterocycles. The van der Waals surface area contributed by atoms with Gasteiger partial charge in [0.2, 0.25) is 0 Å². The van der Waals surface area contributed by atoms with Gasteiger partial charge in [0.15, 0.2) is 0 Å². The zero-order valence-corrected chi connectivity index (χ0v) is 10.4. The molecule has 0 heteroatoms. The van der Waals surface area contributed by atoms with Gasteiger partial charge in [0, 0.05) is 0 Å². The standard InChI is InChI=1S/C16H24/c1-3-11-7-9-13-5-2-6-14-10-8-12(4-1)15(11)16(13)14/h11-14H,1-10H2/t11-,12-,13+,14+. The smallest absolute Gasteiger partial charge is 0.0197 e. The molecule has 0 aromatic carbocycles. The van der Waals surface area contributed by atoms with Crippen LogP contribution in [-0.2, 0) is 0 Å². The number of hydrogen-bond donors (Lipinski definition) is 0. The molecule has 4 atom stereocenters. The van der Waals surface area contributed by atoms with Gasteiger partial charge >= 0.3 is 0 Å². The Kier molecular flexibility index (Phi) is 2.20. The van der Waals surface area contributed by atoms with Crippen LogP contribution >= 0.6 is 0 Å². The minimum Gasteiger partial charge on any atom is -0.0642 e. The Hall–Kier alpha value is -0.260. The Morgan fingerprint density at radius 1 is 0.438 bits per heavy atom. The van der Waals surface area contributed by atoms with E-state index in [4.69, 9.17) is 0 Å². The first-order chi connectivity index (χ1) is 7.93. The van der Waals surface area contributed by atoms with Gasteiger partial charge in [-0.1, -0.05) is 24.0 Å². The van der Waals surface area contributed by atoms with Gasteiger partial charge in [-0.05, 0) is 75.0 Å². The molecular formula is C16H24. The number of allylic oxidation sites excluding steroid dienone is 2. The van der Waals surface area contributed by atoms with E-state index in [0.717, 1.165) is 23.7 Å². The van der Waals surface area contributed by atoms with Gasteiger partial charge in [0.25, 0.3) is 0 Å². The van der Waals surface area contributed by atoms with Crippen LogP contribution in [0.3, 0.4) is 0 Å². The fraction of sp³-hybridized carbons (Fsp3) is 0.875. The lowest BCUT2D eigenvalue weighted by Gasteiger charge is -2.49. The lowest BCUT2D eigenvalue weighted by atomic mass is 9.56. The molecular weight excluding hydrogens is 192 g/mol. The minimum atomic E-state index is 1.05. The maximum absolute atomic E-state index is 2.04. The SMILES string of the molecule is C1C[C@@H]2CC[C@@H]3CCC[C@H]4CC[C@@H](C1)C2=C34. The van der Waals surface area contributed by atoms with Crippen molar-refractivity contribution in [3.63, 3.8) is 0 Å². The summed E-state index contributed by atoms with van der Waals surface area (Å²) in [4.78, 5) is 0. The summed E-state index contributed by atoms with van der Waals surface area (Å²) in [6.07, 6.45) is 15.4. The van der Waals surface area contributed by atoms with Crippen molar-refractivity contribution in [1.82, 2.24) is 0 Å². The molecule has 4 rings (SSSR count). The minimum absolute atomic E-state index is 1.05. The molecule has 88 valence electrons. The Morgan fingerprint density at radius 3 is 1.06 bits per heavy atom. The normalized spacial score (nSPS) is 46.5. The van der Waals surface area contributed by atoms with E-state index in [2.05, 4.69) is 0 Å². The first kappa shape index (κ1) is 9.74. The summed E-state index contributed by atoms with van der Waals surface area (Å²) >= 11 is 0. The molecule has 2 saturated carbocycles. The fourth-order valence-electron chi connectivity index (χ4n) is 5.46. The van der Waals surface area contributed by atoms with Gasteiger partial charge in [-0.25, -0.2) is 0 Å². The molecule has 0 saturated heterocycles. The molecule has 0 N–H and O–H groups in total. The average Bonchev–Trinajstić information content (AvgIpc) is 2.36. The number of rotatable bonds is 0. The molecule has 16 heavy (non-hydrogen) atoms. The second kappa shape index (κ2) is 3.62. The van der Waals surface area contributed by atoms with E-state index in [-0.39, 0.29) is 0 Å². The van der Waals surface area contributed by atoms with Crippen LogP contribution in [0.15, 0.2) is 11.1 Å². The van der Waals surface area contributed by atoms with Crippen LogP contribution in [0.5, 0.6) is 0 Å². The molecule has 0 unspecified atom stereocenters. The van der Waals surface area contributed by atoms with E-state index in [0.29, 0.717) is 0 Å². The van der Waals surface area contributed by atoms with Crippen molar-refractivity contribution in [3.05, 3.63) is 11.1 Å². The highest BCUT2D eigenvalue weighted by Crippen LogP contribution is 2.55. The highest BCUT2D eigenvalue weighted by atomic mass is 14.5. The Balaban J connectivity index is 1.81. The highest BCUT2D eigenvalue weighted by molar-refractivity contribution is 5.32. The maximum Gasteiger partial charge on any atom is -0.0197 e. The molecule has 4 aliphatic rings. The summed E-state index contributed by atoms with van der Waals surface area (Å²) in [5, 5.41) is 0. The summed E-state index contributed by atoms with van der Waals surface area (Å²) in [5.74, 6) is 4.19. The molecule has 0 bridgehead atoms. The maximum atomic E-state index is 2.04. The lowest BCUT2D eigenvalue weighted by molar-refractivity contribution is 0.202. The van der Waals surface area contributed by atoms with Crippen molar-refractivity contribution >= 4 is 0 Å². The molecule has 2 fully saturated rings. The highest BCUT2D eigenvalue weighted by Gasteiger charge is 2.42. The summed E-state index contributed by atoms with van der Waals surface area (Å²) in [5.41, 5.74) is 4.08. The monoisotopic (exact) mass is 216 g/mol. The summed E-state index contributed by atoms with van der Waals surface area (Å²) < 4.78 is 0. The zero-order valence-electron chi connectivity index (χ0n) is 10.4. The molecule has 0 aromatic rings. The van der Waals surface area contributed by atoms with Crippen molar-refractivity contribution < 1.29 is 0 Å². The van der Waals surface area contributed by atoms with Gasteiger partial charge < -0.3 is 0 Å². The first-order valence-electron chi connectivity index (χ1n) is 7.67. The molecule has 0 spiro atoms. The topological polar surface area (TPSA) is 0 Å². The van der Waals surface area contributed by atoms with Crippen LogP contribution in [0.4, 0.5) is 0 Å². The van der Waals surface area contributed by atoms with Crippen LogP contribution in [0.25, 0.3) is 0 Å². The zero-order chi connectivity index (χ0) is 10.5. The first-order valence-corrected chi connectivity index (χ1v) is 7.67. The van der Waals surface area contributed by atoms with Gasteiger partial charge in [-0.3, -0.25) is 0 Å². The second-order valence-electron chi connectivity index (χ2n) is 6.71. The third-order valence-corrected chi connectivity index (χ3v) is 6.03. The van der Waals surface area contributed by atoms with Crippen molar-refractivity contribution in [3.8, 4) is 0 Å². The van der Waals surface area contributed by atoms with E-state index in [1.165, 1.54) is 38.5 Å². The van der Waals surface area contributed by atoms with Gasteiger partial charge in [-0.2, -0.15) is 0 Å². The van der Waals surface area contributed by atoms with Crippen LogP contribution in [0.1, 0.15) is 64.2 Å². The quantitative estimate of drug-likeness (QED) is 0.515. The largest absolute Gasteiger partial charge is 0.0642 e. The third kappa shape index (κ3) is 1.28. The van der Waals surface area contributed by atoms with E-state index in [1.807, 2.05) is 11.1 Å². The molecule has 0 aromatic heterocycles. The number of hydrogen-bond acceptors (Lipinski definition) is 0. The molecule has 0 heterocycles. The summed E-state index contributed by atoms with van der Waals surface area (Å²) in [7, 11) is 0. The van der Waals surface area contributed by atoms with Crippen molar-refractivity contribution in [2.75, 3.05) is 0 Å². The van der Waals surface area contributed by atoms with E-state index >= 15 is 0 Å².